The third kappa shape index (κ3) is 6.16. The molecular formula is C22H31FN4O. The summed E-state index contributed by atoms with van der Waals surface area (Å²) in [6.07, 6.45) is 6.90. The topological polar surface area (TPSA) is 61.0 Å². The van der Waals surface area contributed by atoms with Gasteiger partial charge in [-0.15, -0.1) is 0 Å². The molecule has 1 atom stereocenters. The van der Waals surface area contributed by atoms with Gasteiger partial charge in [-0.3, -0.25) is 9.89 Å². The van der Waals surface area contributed by atoms with Gasteiger partial charge in [-0.1, -0.05) is 18.6 Å². The Morgan fingerprint density at radius 2 is 2.18 bits per heavy atom. The minimum absolute atomic E-state index is 0.249. The minimum Gasteiger partial charge on any atom is -0.346 e. The second-order valence-corrected chi connectivity index (χ2v) is 7.81. The molecule has 1 amide bonds. The summed E-state index contributed by atoms with van der Waals surface area (Å²) in [7, 11) is 1.91. The molecule has 5 nitrogen and oxygen atoms in total. The zero-order valence-corrected chi connectivity index (χ0v) is 16.7. The number of aromatic nitrogens is 2. The zero-order chi connectivity index (χ0) is 19.8. The number of nitrogens with one attached hydrogen (secondary N) is 2. The van der Waals surface area contributed by atoms with Crippen molar-refractivity contribution < 1.29 is 9.18 Å². The Bertz CT molecular complexity index is 754. The summed E-state index contributed by atoms with van der Waals surface area (Å²) in [6, 6.07) is 8.48. The van der Waals surface area contributed by atoms with Crippen molar-refractivity contribution in [2.75, 3.05) is 26.7 Å². The third-order valence-electron chi connectivity index (χ3n) is 5.55. The van der Waals surface area contributed by atoms with Crippen LogP contribution in [-0.4, -0.2) is 47.7 Å². The molecule has 152 valence electrons. The predicted octanol–water partition coefficient (Wildman–Crippen LogP) is 3.78. The Labute approximate surface area is 166 Å². The van der Waals surface area contributed by atoms with Gasteiger partial charge in [0.05, 0.1) is 5.69 Å². The SMILES string of the molecule is CN(CCCCCc1cc(-c2cccc(F)c2)n[nH]1)C(=O)CCC1CCNC1. The fraction of sp³-hybridized carbons (Fsp3) is 0.545. The summed E-state index contributed by atoms with van der Waals surface area (Å²) in [5.41, 5.74) is 2.63. The highest BCUT2D eigenvalue weighted by molar-refractivity contribution is 5.75. The van der Waals surface area contributed by atoms with E-state index in [1.807, 2.05) is 24.1 Å². The number of hydrogen-bond donors (Lipinski definition) is 2. The first kappa shape index (κ1) is 20.5. The van der Waals surface area contributed by atoms with Gasteiger partial charge < -0.3 is 10.2 Å². The highest BCUT2D eigenvalue weighted by Gasteiger charge is 2.17. The van der Waals surface area contributed by atoms with Crippen molar-refractivity contribution in [1.29, 1.82) is 0 Å². The van der Waals surface area contributed by atoms with E-state index >= 15 is 0 Å². The maximum Gasteiger partial charge on any atom is 0.222 e. The van der Waals surface area contributed by atoms with Crippen LogP contribution in [0.1, 0.15) is 44.2 Å². The van der Waals surface area contributed by atoms with Gasteiger partial charge in [-0.2, -0.15) is 5.10 Å². The average Bonchev–Trinajstić information content (AvgIpc) is 3.37. The normalized spacial score (nSPS) is 16.4. The average molecular weight is 387 g/mol. The van der Waals surface area contributed by atoms with Crippen molar-refractivity contribution in [1.82, 2.24) is 20.4 Å². The molecule has 2 heterocycles. The Morgan fingerprint density at radius 1 is 1.29 bits per heavy atom. The maximum absolute atomic E-state index is 13.3. The van der Waals surface area contributed by atoms with E-state index in [9.17, 15) is 9.18 Å². The van der Waals surface area contributed by atoms with Gasteiger partial charge >= 0.3 is 0 Å². The summed E-state index contributed by atoms with van der Waals surface area (Å²) in [5.74, 6) is 0.685. The number of unbranched alkanes of at least 4 members (excludes halogenated alkanes) is 2. The number of aromatic amines is 1. The molecule has 0 spiro atoms. The van der Waals surface area contributed by atoms with Gasteiger partial charge in [0.25, 0.3) is 0 Å². The predicted molar refractivity (Wildman–Crippen MR) is 109 cm³/mol. The van der Waals surface area contributed by atoms with Crippen LogP contribution >= 0.6 is 0 Å². The Morgan fingerprint density at radius 3 is 2.96 bits per heavy atom. The number of nitrogens with zero attached hydrogens (tertiary/aromatic N) is 2. The monoisotopic (exact) mass is 386 g/mol. The lowest BCUT2D eigenvalue weighted by Crippen LogP contribution is -2.28. The molecular weight excluding hydrogens is 355 g/mol. The molecule has 1 aliphatic rings. The fourth-order valence-corrected chi connectivity index (χ4v) is 3.73. The summed E-state index contributed by atoms with van der Waals surface area (Å²) >= 11 is 0. The largest absolute Gasteiger partial charge is 0.346 e. The van der Waals surface area contributed by atoms with Crippen molar-refractivity contribution in [2.45, 2.75) is 44.9 Å². The van der Waals surface area contributed by atoms with Crippen LogP contribution in [0.4, 0.5) is 4.39 Å². The molecule has 1 aliphatic heterocycles. The molecule has 1 unspecified atom stereocenters. The number of benzene rings is 1. The van der Waals surface area contributed by atoms with Crippen LogP contribution in [0.3, 0.4) is 0 Å². The van der Waals surface area contributed by atoms with Crippen LogP contribution in [0.5, 0.6) is 0 Å². The first-order chi connectivity index (χ1) is 13.6. The molecule has 1 fully saturated rings. The minimum atomic E-state index is -0.249. The summed E-state index contributed by atoms with van der Waals surface area (Å²) in [6.45, 7) is 2.97. The zero-order valence-electron chi connectivity index (χ0n) is 16.7. The van der Waals surface area contributed by atoms with E-state index in [1.54, 1.807) is 6.07 Å². The molecule has 0 radical (unpaired) electrons. The lowest BCUT2D eigenvalue weighted by atomic mass is 10.0. The maximum atomic E-state index is 13.3. The van der Waals surface area contributed by atoms with Crippen LogP contribution < -0.4 is 5.32 Å². The van der Waals surface area contributed by atoms with Gasteiger partial charge in [0, 0.05) is 31.3 Å². The van der Waals surface area contributed by atoms with Crippen molar-refractivity contribution >= 4 is 5.91 Å². The first-order valence-corrected chi connectivity index (χ1v) is 10.4. The molecule has 28 heavy (non-hydrogen) atoms. The van der Waals surface area contributed by atoms with Crippen LogP contribution in [0.2, 0.25) is 0 Å². The molecule has 1 aromatic heterocycles. The van der Waals surface area contributed by atoms with Crippen LogP contribution in [-0.2, 0) is 11.2 Å². The first-order valence-electron chi connectivity index (χ1n) is 10.4. The smallest absolute Gasteiger partial charge is 0.222 e. The summed E-state index contributed by atoms with van der Waals surface area (Å²) < 4.78 is 13.3. The second kappa shape index (κ2) is 10.4. The summed E-state index contributed by atoms with van der Waals surface area (Å²) in [4.78, 5) is 14.1. The molecule has 0 saturated carbocycles. The number of carbonyl (C=O) groups excluding carboxylic acids is 1. The fourth-order valence-electron chi connectivity index (χ4n) is 3.73. The van der Waals surface area contributed by atoms with Gasteiger partial charge in [0.15, 0.2) is 0 Å². The Kier molecular flexibility index (Phi) is 7.60. The van der Waals surface area contributed by atoms with E-state index in [0.717, 1.165) is 68.7 Å². The standard InChI is InChI=1S/C22H31FN4O/c1-27(22(28)10-9-17-11-12-24-16-17)13-4-2-3-8-20-15-21(26-25-20)18-6-5-7-19(23)14-18/h5-7,14-15,17,24H,2-4,8-13,16H2,1H3,(H,25,26). The van der Waals surface area contributed by atoms with Crippen LogP contribution in [0.15, 0.2) is 30.3 Å². The highest BCUT2D eigenvalue weighted by Crippen LogP contribution is 2.19. The number of carbonyl (C=O) groups is 1. The van der Waals surface area contributed by atoms with Crippen LogP contribution in [0, 0.1) is 11.7 Å². The molecule has 2 aromatic rings. The van der Waals surface area contributed by atoms with E-state index in [2.05, 4.69) is 15.5 Å². The van der Waals surface area contributed by atoms with Gasteiger partial charge in [-0.05, 0) is 69.3 Å². The highest BCUT2D eigenvalue weighted by atomic mass is 19.1. The molecule has 1 aromatic carbocycles. The Hall–Kier alpha value is -2.21. The van der Waals surface area contributed by atoms with Crippen molar-refractivity contribution in [2.24, 2.45) is 5.92 Å². The van der Waals surface area contributed by atoms with Gasteiger partial charge in [-0.25, -0.2) is 4.39 Å². The van der Waals surface area contributed by atoms with E-state index in [-0.39, 0.29) is 11.7 Å². The van der Waals surface area contributed by atoms with Gasteiger partial charge in [0.2, 0.25) is 5.91 Å². The number of amides is 1. The molecule has 3 rings (SSSR count). The third-order valence-corrected chi connectivity index (χ3v) is 5.55. The molecule has 6 heteroatoms. The van der Waals surface area contributed by atoms with Crippen molar-refractivity contribution in [3.05, 3.63) is 41.8 Å². The Balaban J connectivity index is 1.31. The quantitative estimate of drug-likeness (QED) is 0.611. The molecule has 0 bridgehead atoms. The summed E-state index contributed by atoms with van der Waals surface area (Å²) in [5, 5.41) is 10.7. The number of H-pyrrole nitrogens is 1. The second-order valence-electron chi connectivity index (χ2n) is 7.81. The van der Waals surface area contributed by atoms with Crippen molar-refractivity contribution in [3.8, 4) is 11.3 Å². The molecule has 2 N–H and O–H groups in total. The molecule has 1 saturated heterocycles. The lowest BCUT2D eigenvalue weighted by molar-refractivity contribution is -0.130. The van der Waals surface area contributed by atoms with Crippen LogP contribution in [0.25, 0.3) is 11.3 Å². The van der Waals surface area contributed by atoms with E-state index in [1.165, 1.54) is 18.6 Å². The number of halogens is 1. The molecule has 0 aliphatic carbocycles. The van der Waals surface area contributed by atoms with E-state index < -0.39 is 0 Å². The number of hydrogen-bond acceptors (Lipinski definition) is 3. The van der Waals surface area contributed by atoms with Gasteiger partial charge in [0.1, 0.15) is 5.82 Å². The number of rotatable bonds is 10. The van der Waals surface area contributed by atoms with E-state index in [0.29, 0.717) is 12.3 Å². The van der Waals surface area contributed by atoms with E-state index in [4.69, 9.17) is 0 Å². The van der Waals surface area contributed by atoms with Crippen molar-refractivity contribution in [3.63, 3.8) is 0 Å². The lowest BCUT2D eigenvalue weighted by Gasteiger charge is -2.18. The number of aryl methyl sites for hydroxylation is 1.